The number of ether oxygens (including phenoxy) is 3. The lowest BCUT2D eigenvalue weighted by molar-refractivity contribution is -0.147. The van der Waals surface area contributed by atoms with E-state index in [4.69, 9.17) is 14.2 Å². The first-order valence-electron chi connectivity index (χ1n) is 13.7. The molecule has 4 atom stereocenters. The summed E-state index contributed by atoms with van der Waals surface area (Å²) in [6.07, 6.45) is -0.193. The van der Waals surface area contributed by atoms with Gasteiger partial charge in [-0.2, -0.15) is 0 Å². The first kappa shape index (κ1) is 33.7. The van der Waals surface area contributed by atoms with E-state index in [2.05, 4.69) is 15.6 Å². The molecule has 0 fully saturated rings. The SMILES string of the molecule is COC(=O)[C@@H](C)C[C@H](Cc1ccccc1)NC(=O)c1csc([C@@H](C[C@@H](NC(=O)OC(C)(C)C)C(C)C)OC(C)=O)n1. The van der Waals surface area contributed by atoms with Crippen LogP contribution in [0.4, 0.5) is 4.79 Å². The summed E-state index contributed by atoms with van der Waals surface area (Å²) in [5, 5.41) is 7.91. The van der Waals surface area contributed by atoms with Crippen LogP contribution in [0.3, 0.4) is 0 Å². The lowest BCUT2D eigenvalue weighted by Crippen LogP contribution is -2.42. The summed E-state index contributed by atoms with van der Waals surface area (Å²) in [4.78, 5) is 54.2. The third kappa shape index (κ3) is 11.9. The average Bonchev–Trinajstić information content (AvgIpc) is 3.37. The molecule has 0 aliphatic rings. The number of nitrogens with one attached hydrogen (secondary N) is 2. The summed E-state index contributed by atoms with van der Waals surface area (Å²) in [5.74, 6) is -1.68. The van der Waals surface area contributed by atoms with Crippen LogP contribution in [0.15, 0.2) is 35.7 Å². The molecule has 0 saturated carbocycles. The van der Waals surface area contributed by atoms with Crippen molar-refractivity contribution in [3.05, 3.63) is 52.0 Å². The number of thiazole rings is 1. The molecule has 0 aliphatic carbocycles. The fourth-order valence-electron chi connectivity index (χ4n) is 4.20. The van der Waals surface area contributed by atoms with Crippen molar-refractivity contribution in [2.75, 3.05) is 7.11 Å². The van der Waals surface area contributed by atoms with Gasteiger partial charge in [-0.25, -0.2) is 9.78 Å². The topological polar surface area (TPSA) is 133 Å². The molecule has 10 nitrogen and oxygen atoms in total. The van der Waals surface area contributed by atoms with Crippen LogP contribution in [0.1, 0.15) is 88.5 Å². The molecule has 0 saturated heterocycles. The lowest BCUT2D eigenvalue weighted by Gasteiger charge is -2.28. The molecule has 41 heavy (non-hydrogen) atoms. The standard InChI is InChI=1S/C30H43N3O7S/c1-18(2)23(33-29(37)40-30(5,6)7)16-25(39-20(4)34)27-32-24(17-41-27)26(35)31-22(14-19(3)28(36)38-8)15-21-12-10-9-11-13-21/h9-13,17-19,22-23,25H,14-16H2,1-8H3,(H,31,35)(H,33,37)/t19-,22+,23+,25+/m0/s1. The summed E-state index contributed by atoms with van der Waals surface area (Å²) in [5.41, 5.74) is 0.527. The minimum absolute atomic E-state index is 0.00106. The van der Waals surface area contributed by atoms with Gasteiger partial charge in [0.05, 0.1) is 13.0 Å². The number of alkyl carbamates (subject to hydrolysis) is 1. The maximum absolute atomic E-state index is 13.3. The zero-order valence-corrected chi connectivity index (χ0v) is 26.0. The van der Waals surface area contributed by atoms with Gasteiger partial charge in [0.25, 0.3) is 5.91 Å². The number of benzene rings is 1. The van der Waals surface area contributed by atoms with E-state index >= 15 is 0 Å². The summed E-state index contributed by atoms with van der Waals surface area (Å²) in [6, 6.07) is 8.94. The van der Waals surface area contributed by atoms with Crippen molar-refractivity contribution in [2.45, 2.75) is 91.5 Å². The van der Waals surface area contributed by atoms with Gasteiger partial charge >= 0.3 is 18.0 Å². The first-order valence-corrected chi connectivity index (χ1v) is 14.6. The normalized spacial score (nSPS) is 14.4. The van der Waals surface area contributed by atoms with Crippen molar-refractivity contribution in [2.24, 2.45) is 11.8 Å². The molecule has 0 aliphatic heterocycles. The summed E-state index contributed by atoms with van der Waals surface area (Å²) in [6.45, 7) is 12.3. The molecule has 2 N–H and O–H groups in total. The van der Waals surface area contributed by atoms with E-state index in [9.17, 15) is 19.2 Å². The van der Waals surface area contributed by atoms with E-state index in [0.29, 0.717) is 17.8 Å². The third-order valence-electron chi connectivity index (χ3n) is 6.21. The van der Waals surface area contributed by atoms with Gasteiger partial charge in [0, 0.05) is 30.8 Å². The summed E-state index contributed by atoms with van der Waals surface area (Å²) < 4.78 is 15.8. The Morgan fingerprint density at radius 1 is 1.00 bits per heavy atom. The van der Waals surface area contributed by atoms with E-state index in [0.717, 1.165) is 5.56 Å². The largest absolute Gasteiger partial charge is 0.469 e. The minimum atomic E-state index is -0.777. The van der Waals surface area contributed by atoms with Crippen LogP contribution in [0.5, 0.6) is 0 Å². The first-order chi connectivity index (χ1) is 19.2. The van der Waals surface area contributed by atoms with Crippen molar-refractivity contribution in [1.29, 1.82) is 0 Å². The minimum Gasteiger partial charge on any atom is -0.469 e. The zero-order valence-electron chi connectivity index (χ0n) is 25.2. The molecule has 1 heterocycles. The number of amides is 2. The molecule has 0 unspecified atom stereocenters. The Morgan fingerprint density at radius 3 is 2.22 bits per heavy atom. The number of methoxy groups -OCH3 is 1. The smallest absolute Gasteiger partial charge is 0.407 e. The van der Waals surface area contributed by atoms with E-state index in [-0.39, 0.29) is 36.1 Å². The summed E-state index contributed by atoms with van der Waals surface area (Å²) >= 11 is 1.20. The van der Waals surface area contributed by atoms with Crippen LogP contribution in [-0.4, -0.2) is 53.7 Å². The second-order valence-electron chi connectivity index (χ2n) is 11.4. The fraction of sp³-hybridized carbons (Fsp3) is 0.567. The highest BCUT2D eigenvalue weighted by Crippen LogP contribution is 2.29. The van der Waals surface area contributed by atoms with E-state index < -0.39 is 35.6 Å². The zero-order chi connectivity index (χ0) is 30.7. The molecule has 0 radical (unpaired) electrons. The number of hydrogen-bond donors (Lipinski definition) is 2. The van der Waals surface area contributed by atoms with Crippen LogP contribution >= 0.6 is 11.3 Å². The molecule has 1 aromatic carbocycles. The number of nitrogens with zero attached hydrogens (tertiary/aromatic N) is 1. The molecule has 2 rings (SSSR count). The molecular weight excluding hydrogens is 546 g/mol. The van der Waals surface area contributed by atoms with Crippen molar-refractivity contribution in [3.63, 3.8) is 0 Å². The van der Waals surface area contributed by atoms with Gasteiger partial charge < -0.3 is 24.8 Å². The van der Waals surface area contributed by atoms with E-state index in [1.54, 1.807) is 33.1 Å². The van der Waals surface area contributed by atoms with Gasteiger partial charge in [-0.3, -0.25) is 14.4 Å². The number of carbonyl (C=O) groups excluding carboxylic acids is 4. The Kier molecular flexibility index (Phi) is 12.8. The number of hydrogen-bond acceptors (Lipinski definition) is 9. The van der Waals surface area contributed by atoms with Crippen molar-refractivity contribution in [3.8, 4) is 0 Å². The van der Waals surface area contributed by atoms with Crippen LogP contribution in [0, 0.1) is 11.8 Å². The van der Waals surface area contributed by atoms with Crippen LogP contribution in [-0.2, 0) is 30.2 Å². The Morgan fingerprint density at radius 2 is 1.66 bits per heavy atom. The third-order valence-corrected chi connectivity index (χ3v) is 7.15. The predicted molar refractivity (Wildman–Crippen MR) is 156 cm³/mol. The van der Waals surface area contributed by atoms with Crippen molar-refractivity contribution in [1.82, 2.24) is 15.6 Å². The molecule has 2 aromatic rings. The molecular formula is C30H43N3O7S. The number of rotatable bonds is 13. The van der Waals surface area contributed by atoms with Crippen molar-refractivity contribution < 1.29 is 33.4 Å². The highest BCUT2D eigenvalue weighted by Gasteiger charge is 2.29. The van der Waals surface area contributed by atoms with Gasteiger partial charge in [-0.15, -0.1) is 11.3 Å². The van der Waals surface area contributed by atoms with Gasteiger partial charge in [-0.1, -0.05) is 51.1 Å². The maximum atomic E-state index is 13.3. The number of aromatic nitrogens is 1. The average molecular weight is 590 g/mol. The lowest BCUT2D eigenvalue weighted by atomic mass is 9.96. The van der Waals surface area contributed by atoms with Gasteiger partial charge in [0.15, 0.2) is 6.10 Å². The molecule has 11 heteroatoms. The molecule has 226 valence electrons. The molecule has 0 bridgehead atoms. The monoisotopic (exact) mass is 589 g/mol. The highest BCUT2D eigenvalue weighted by molar-refractivity contribution is 7.09. The Bertz CT molecular complexity index is 1160. The quantitative estimate of drug-likeness (QED) is 0.240. The molecule has 2 amide bonds. The maximum Gasteiger partial charge on any atom is 0.407 e. The van der Waals surface area contributed by atoms with Gasteiger partial charge in [0.1, 0.15) is 16.3 Å². The van der Waals surface area contributed by atoms with E-state index in [1.165, 1.54) is 25.4 Å². The number of carbonyl (C=O) groups is 4. The van der Waals surface area contributed by atoms with E-state index in [1.807, 2.05) is 44.2 Å². The van der Waals surface area contributed by atoms with Gasteiger partial charge in [-0.05, 0) is 45.1 Å². The van der Waals surface area contributed by atoms with Gasteiger partial charge in [0.2, 0.25) is 0 Å². The van der Waals surface area contributed by atoms with Crippen LogP contribution < -0.4 is 10.6 Å². The number of esters is 2. The Hall–Kier alpha value is -3.47. The fourth-order valence-corrected chi connectivity index (χ4v) is 5.04. The Labute approximate surface area is 246 Å². The second-order valence-corrected chi connectivity index (χ2v) is 12.3. The molecule has 1 aromatic heterocycles. The van der Waals surface area contributed by atoms with Crippen LogP contribution in [0.25, 0.3) is 0 Å². The molecule has 0 spiro atoms. The van der Waals surface area contributed by atoms with Crippen LogP contribution in [0.2, 0.25) is 0 Å². The Balaban J connectivity index is 2.21. The van der Waals surface area contributed by atoms with Crippen molar-refractivity contribution >= 4 is 35.3 Å². The highest BCUT2D eigenvalue weighted by atomic mass is 32.1. The summed E-state index contributed by atoms with van der Waals surface area (Å²) in [7, 11) is 1.34. The predicted octanol–water partition coefficient (Wildman–Crippen LogP) is 5.23. The second kappa shape index (κ2) is 15.5.